The summed E-state index contributed by atoms with van der Waals surface area (Å²) >= 11 is 0. The Morgan fingerprint density at radius 1 is 1.29 bits per heavy atom. The van der Waals surface area contributed by atoms with Gasteiger partial charge in [-0.15, -0.1) is 0 Å². The van der Waals surface area contributed by atoms with Crippen LogP contribution in [0, 0.1) is 0 Å². The number of nitrogens with two attached hydrogens (primary N) is 1. The van der Waals surface area contributed by atoms with Gasteiger partial charge in [0.15, 0.2) is 0 Å². The molecular weight excluding hydrogens is 182 g/mol. The van der Waals surface area contributed by atoms with Crippen molar-refractivity contribution in [2.75, 3.05) is 13.1 Å². The Morgan fingerprint density at radius 2 is 1.86 bits per heavy atom. The maximum absolute atomic E-state index is 11.2. The van der Waals surface area contributed by atoms with E-state index in [1.807, 2.05) is 6.92 Å². The smallest absolute Gasteiger partial charge is 0.221 e. The molecule has 0 aliphatic rings. The fourth-order valence-corrected chi connectivity index (χ4v) is 0.895. The molecule has 0 aromatic heterocycles. The minimum atomic E-state index is -0.0930. The molecule has 0 aliphatic carbocycles. The summed E-state index contributed by atoms with van der Waals surface area (Å²) in [6, 6.07) is -0.0734. The molecule has 14 heavy (non-hydrogen) atoms. The number of nitrogens with one attached hydrogen (secondary N) is 2. The van der Waals surface area contributed by atoms with Gasteiger partial charge in [-0.1, -0.05) is 6.92 Å². The minimum Gasteiger partial charge on any atom is -0.355 e. The molecule has 0 aliphatic heterocycles. The predicted molar refractivity (Wildman–Crippen MR) is 54.6 cm³/mol. The van der Waals surface area contributed by atoms with Crippen LogP contribution in [0.5, 0.6) is 0 Å². The summed E-state index contributed by atoms with van der Waals surface area (Å²) in [6.07, 6.45) is 1.13. The quantitative estimate of drug-likeness (QED) is 0.500. The molecule has 0 saturated carbocycles. The van der Waals surface area contributed by atoms with Crippen LogP contribution in [0.4, 0.5) is 0 Å². The number of carbonyl (C=O) groups excluding carboxylic acids is 2. The normalized spacial score (nSPS) is 11.9. The van der Waals surface area contributed by atoms with E-state index in [-0.39, 0.29) is 17.9 Å². The van der Waals surface area contributed by atoms with Crippen LogP contribution in [0.1, 0.15) is 26.7 Å². The molecule has 0 heterocycles. The summed E-state index contributed by atoms with van der Waals surface area (Å²) in [7, 11) is 0. The van der Waals surface area contributed by atoms with Gasteiger partial charge in [0.2, 0.25) is 11.8 Å². The highest BCUT2D eigenvalue weighted by atomic mass is 16.2. The van der Waals surface area contributed by atoms with Crippen molar-refractivity contribution in [2.24, 2.45) is 5.73 Å². The third-order valence-electron chi connectivity index (χ3n) is 1.79. The van der Waals surface area contributed by atoms with Gasteiger partial charge in [0.05, 0.1) is 0 Å². The van der Waals surface area contributed by atoms with Gasteiger partial charge in [0.25, 0.3) is 0 Å². The van der Waals surface area contributed by atoms with Crippen molar-refractivity contribution in [1.29, 1.82) is 0 Å². The van der Waals surface area contributed by atoms with Crippen LogP contribution in [0.3, 0.4) is 0 Å². The Labute approximate surface area is 84.4 Å². The number of hydrogen-bond acceptors (Lipinski definition) is 3. The molecule has 0 bridgehead atoms. The second-order valence-corrected chi connectivity index (χ2v) is 3.21. The summed E-state index contributed by atoms with van der Waals surface area (Å²) in [4.78, 5) is 21.6. The first kappa shape index (κ1) is 12.9. The summed E-state index contributed by atoms with van der Waals surface area (Å²) in [5.74, 6) is -0.158. The van der Waals surface area contributed by atoms with Crippen LogP contribution in [-0.4, -0.2) is 30.9 Å². The number of amides is 2. The molecule has 0 spiro atoms. The van der Waals surface area contributed by atoms with Crippen molar-refractivity contribution in [3.63, 3.8) is 0 Å². The van der Waals surface area contributed by atoms with E-state index in [0.29, 0.717) is 19.5 Å². The number of hydrogen-bond donors (Lipinski definition) is 3. The van der Waals surface area contributed by atoms with E-state index < -0.39 is 0 Å². The maximum Gasteiger partial charge on any atom is 0.221 e. The maximum atomic E-state index is 11.2. The van der Waals surface area contributed by atoms with Crippen molar-refractivity contribution in [3.8, 4) is 0 Å². The van der Waals surface area contributed by atoms with E-state index in [9.17, 15) is 9.59 Å². The van der Waals surface area contributed by atoms with Crippen LogP contribution in [0.2, 0.25) is 0 Å². The summed E-state index contributed by atoms with van der Waals surface area (Å²) in [5, 5.41) is 5.25. The fourth-order valence-electron chi connectivity index (χ4n) is 0.895. The lowest BCUT2D eigenvalue weighted by Crippen LogP contribution is -2.36. The Morgan fingerprint density at radius 3 is 2.36 bits per heavy atom. The molecule has 0 aromatic carbocycles. The minimum absolute atomic E-state index is 0.0651. The SMILES string of the molecule is CCC(N)CC(=O)NCCNC(C)=O. The molecule has 0 rings (SSSR count). The Balaban J connectivity index is 3.40. The lowest BCUT2D eigenvalue weighted by molar-refractivity contribution is -0.122. The predicted octanol–water partition coefficient (Wildman–Crippen LogP) is -0.634. The van der Waals surface area contributed by atoms with Gasteiger partial charge in [0.1, 0.15) is 0 Å². The fraction of sp³-hybridized carbons (Fsp3) is 0.778. The highest BCUT2D eigenvalue weighted by Crippen LogP contribution is 1.91. The first-order chi connectivity index (χ1) is 6.56. The molecule has 5 nitrogen and oxygen atoms in total. The van der Waals surface area contributed by atoms with Gasteiger partial charge >= 0.3 is 0 Å². The standard InChI is InChI=1S/C9H19N3O2/c1-3-8(10)6-9(14)12-5-4-11-7(2)13/h8H,3-6,10H2,1-2H3,(H,11,13)(H,12,14). The van der Waals surface area contributed by atoms with Gasteiger partial charge < -0.3 is 16.4 Å². The van der Waals surface area contributed by atoms with Crippen molar-refractivity contribution >= 4 is 11.8 Å². The second kappa shape index (κ2) is 7.32. The third-order valence-corrected chi connectivity index (χ3v) is 1.79. The summed E-state index contributed by atoms with van der Waals surface area (Å²) in [6.45, 7) is 4.29. The van der Waals surface area contributed by atoms with Crippen molar-refractivity contribution in [2.45, 2.75) is 32.7 Å². The topological polar surface area (TPSA) is 84.2 Å². The van der Waals surface area contributed by atoms with Gasteiger partial charge in [0, 0.05) is 32.5 Å². The molecule has 5 heteroatoms. The zero-order chi connectivity index (χ0) is 11.0. The molecule has 0 aromatic rings. The average molecular weight is 201 g/mol. The lowest BCUT2D eigenvalue weighted by atomic mass is 10.1. The first-order valence-corrected chi connectivity index (χ1v) is 4.83. The summed E-state index contributed by atoms with van der Waals surface area (Å²) < 4.78 is 0. The Kier molecular flexibility index (Phi) is 6.74. The molecule has 1 atom stereocenters. The van der Waals surface area contributed by atoms with E-state index in [1.165, 1.54) is 6.92 Å². The van der Waals surface area contributed by atoms with Crippen LogP contribution >= 0.6 is 0 Å². The molecule has 0 radical (unpaired) electrons. The number of carbonyl (C=O) groups is 2. The molecule has 1 unspecified atom stereocenters. The van der Waals surface area contributed by atoms with E-state index in [1.54, 1.807) is 0 Å². The van der Waals surface area contributed by atoms with Gasteiger partial charge in [-0.3, -0.25) is 9.59 Å². The molecular formula is C9H19N3O2. The molecule has 4 N–H and O–H groups in total. The van der Waals surface area contributed by atoms with Gasteiger partial charge in [-0.2, -0.15) is 0 Å². The molecule has 0 fully saturated rings. The van der Waals surface area contributed by atoms with E-state index in [4.69, 9.17) is 5.73 Å². The monoisotopic (exact) mass is 201 g/mol. The average Bonchev–Trinajstić information content (AvgIpc) is 2.12. The first-order valence-electron chi connectivity index (χ1n) is 4.83. The molecule has 2 amide bonds. The lowest BCUT2D eigenvalue weighted by Gasteiger charge is -2.09. The van der Waals surface area contributed by atoms with Crippen molar-refractivity contribution in [1.82, 2.24) is 10.6 Å². The van der Waals surface area contributed by atoms with Crippen LogP contribution in [0.15, 0.2) is 0 Å². The Bertz CT molecular complexity index is 194. The summed E-state index contributed by atoms with van der Waals surface area (Å²) in [5.41, 5.74) is 5.60. The van der Waals surface area contributed by atoms with Crippen molar-refractivity contribution < 1.29 is 9.59 Å². The van der Waals surface area contributed by atoms with Crippen LogP contribution < -0.4 is 16.4 Å². The van der Waals surface area contributed by atoms with E-state index in [0.717, 1.165) is 6.42 Å². The van der Waals surface area contributed by atoms with Crippen LogP contribution in [0.25, 0.3) is 0 Å². The largest absolute Gasteiger partial charge is 0.355 e. The number of rotatable bonds is 6. The van der Waals surface area contributed by atoms with E-state index in [2.05, 4.69) is 10.6 Å². The molecule has 0 saturated heterocycles. The highest BCUT2D eigenvalue weighted by molar-refractivity contribution is 5.76. The molecule has 82 valence electrons. The van der Waals surface area contributed by atoms with Crippen LogP contribution in [-0.2, 0) is 9.59 Å². The second-order valence-electron chi connectivity index (χ2n) is 3.21. The third kappa shape index (κ3) is 7.54. The van der Waals surface area contributed by atoms with Crippen molar-refractivity contribution in [3.05, 3.63) is 0 Å². The highest BCUT2D eigenvalue weighted by Gasteiger charge is 2.06. The van der Waals surface area contributed by atoms with Gasteiger partial charge in [-0.25, -0.2) is 0 Å². The van der Waals surface area contributed by atoms with E-state index >= 15 is 0 Å². The zero-order valence-electron chi connectivity index (χ0n) is 8.80. The van der Waals surface area contributed by atoms with Gasteiger partial charge in [-0.05, 0) is 6.42 Å². The Hall–Kier alpha value is -1.10. The zero-order valence-corrected chi connectivity index (χ0v) is 8.80.